The average molecular weight is 848 g/mol. The van der Waals surface area contributed by atoms with Crippen molar-refractivity contribution < 1.29 is 0 Å². The minimum Gasteiger partial charge on any atom is -0.345 e. The van der Waals surface area contributed by atoms with Gasteiger partial charge in [-0.25, -0.2) is 0 Å². The Labute approximate surface area is 343 Å². The SMILES string of the molecule is C.C.C.C.C.C.C.C.C.C.C.C.C.C.CN(C)[SiH](C)C.CN(C)[Si](C)(C)C.CN[SiH2]C.CN[SiH](C)C.CN[Si](C)(C)C.C[SiH2]N(C)C.C[SiH3]. The topological polar surface area (TPSA) is 45.8 Å². The zero-order chi connectivity index (χ0) is 30.4. The number of nitrogens with zero attached hydrogens (tertiary/aromatic N) is 3. The van der Waals surface area contributed by atoms with Crippen molar-refractivity contribution in [1.29, 1.82) is 0 Å². The number of hydrogen-bond donors (Lipinski definition) is 3. The first-order valence-corrected chi connectivity index (χ1v) is 32.4. The summed E-state index contributed by atoms with van der Waals surface area (Å²) in [6.07, 6.45) is 0. The quantitative estimate of drug-likeness (QED) is 0.232. The molecule has 0 bridgehead atoms. The molecule has 0 aromatic rings. The molecule has 0 heterocycles. The molecule has 0 atom stereocenters. The molecule has 336 valence electrons. The molecule has 0 aromatic heterocycles. The van der Waals surface area contributed by atoms with E-state index in [1.807, 2.05) is 21.1 Å². The molecule has 0 radical (unpaired) electrons. The first-order chi connectivity index (χ1) is 15.6. The van der Waals surface area contributed by atoms with Crippen molar-refractivity contribution in [1.82, 2.24) is 28.6 Å². The fourth-order valence-electron chi connectivity index (χ4n) is 0. The summed E-state index contributed by atoms with van der Waals surface area (Å²) in [5.74, 6) is 0. The zero-order valence-corrected chi connectivity index (χ0v) is 38.5. The Kier molecular flexibility index (Phi) is 301. The van der Waals surface area contributed by atoms with Gasteiger partial charge in [-0.15, -0.1) is 0 Å². The minimum atomic E-state index is -0.901. The van der Waals surface area contributed by atoms with Crippen LogP contribution in [0.5, 0.6) is 0 Å². The Balaban J connectivity index is -0.00000000951. The lowest BCUT2D eigenvalue weighted by atomic mass is 11.3. The van der Waals surface area contributed by atoms with Gasteiger partial charge in [-0.2, -0.15) is 0 Å². The molecule has 0 aliphatic heterocycles. The van der Waals surface area contributed by atoms with E-state index in [1.54, 1.807) is 0 Å². The molecule has 0 aliphatic rings. The summed E-state index contributed by atoms with van der Waals surface area (Å²) in [5, 5.41) is 0. The first-order valence-electron chi connectivity index (χ1n) is 13.6. The fourth-order valence-corrected chi connectivity index (χ4v) is 0. The largest absolute Gasteiger partial charge is 0.345 e. The summed E-state index contributed by atoms with van der Waals surface area (Å²) in [5.41, 5.74) is 0. The van der Waals surface area contributed by atoms with E-state index < -0.39 is 34.4 Å². The smallest absolute Gasteiger partial charge is 0.118 e. The maximum Gasteiger partial charge on any atom is 0.118 e. The van der Waals surface area contributed by atoms with E-state index in [-0.39, 0.29) is 123 Å². The lowest BCUT2D eigenvalue weighted by Gasteiger charge is -2.24. The number of hydrogen-bond acceptors (Lipinski definition) is 6. The lowest BCUT2D eigenvalue weighted by molar-refractivity contribution is 0.627. The van der Waals surface area contributed by atoms with Gasteiger partial charge in [-0.1, -0.05) is 189 Å². The predicted molar refractivity (Wildman–Crippen MR) is 292 cm³/mol. The Bertz CT molecular complexity index is 329. The molecule has 0 saturated heterocycles. The lowest BCUT2D eigenvalue weighted by Crippen LogP contribution is -2.39. The molecule has 0 aromatic carbocycles. The van der Waals surface area contributed by atoms with Crippen molar-refractivity contribution in [2.24, 2.45) is 0 Å². The van der Waals surface area contributed by atoms with Crippen LogP contribution in [-0.4, -0.2) is 141 Å². The summed E-state index contributed by atoms with van der Waals surface area (Å²) in [4.78, 5) is 9.48. The summed E-state index contributed by atoms with van der Waals surface area (Å²) >= 11 is 0. The standard InChI is InChI=1S/C5H15NSi.2C4H13NSi.2C3H11NSi.C2H9NSi.CH6Si.14CH4/c1-6(2)7(3,4)5;1-5-6(2,3)4;1-5(2)6(3)4;1-4-5(2)3;1-4(2)5-3;1-3-4-2;1-2;;;;;;;;;;;;;;/h1-5H3;5H,1-4H3;6H,1-4H3;4-5H,1-3H3;5H2,1-3H3;3H,4H2,1-2H3;1-2H3;14*1H4. The second-order valence-corrected chi connectivity index (χ2v) is 30.8. The van der Waals surface area contributed by atoms with E-state index in [1.165, 1.54) is 10.2 Å². The number of rotatable bonds is 6. The van der Waals surface area contributed by atoms with Gasteiger partial charge in [0.2, 0.25) is 0 Å². The maximum atomic E-state index is 3.24. The third-order valence-electron chi connectivity index (χ3n) is 4.69. The molecule has 49 heavy (non-hydrogen) atoms. The van der Waals surface area contributed by atoms with Crippen LogP contribution in [0.25, 0.3) is 0 Å². The van der Waals surface area contributed by atoms with Crippen molar-refractivity contribution in [3.05, 3.63) is 0 Å². The van der Waals surface area contributed by atoms with Crippen LogP contribution in [0.3, 0.4) is 0 Å². The van der Waals surface area contributed by atoms with E-state index in [0.717, 1.165) is 0 Å². The summed E-state index contributed by atoms with van der Waals surface area (Å²) in [6, 6.07) is 0. The fraction of sp³-hybridized carbons (Fsp3) is 1.00. The van der Waals surface area contributed by atoms with E-state index in [0.29, 0.717) is 0 Å². The van der Waals surface area contributed by atoms with Crippen molar-refractivity contribution in [2.45, 2.75) is 189 Å². The molecule has 0 amide bonds. The molecule has 3 N–H and O–H groups in total. The van der Waals surface area contributed by atoms with Crippen LogP contribution >= 0.6 is 0 Å². The molecule has 0 saturated carbocycles. The molecule has 6 nitrogen and oxygen atoms in total. The highest BCUT2D eigenvalue weighted by molar-refractivity contribution is 6.73. The molecular weight excluding hydrogens is 713 g/mol. The Hall–Kier alpha value is 1.28. The Morgan fingerprint density at radius 2 is 0.653 bits per heavy atom. The van der Waals surface area contributed by atoms with Crippen molar-refractivity contribution >= 4 is 64.0 Å². The highest BCUT2D eigenvalue weighted by Crippen LogP contribution is 2.01. The van der Waals surface area contributed by atoms with E-state index in [4.69, 9.17) is 0 Å². The van der Waals surface area contributed by atoms with E-state index in [9.17, 15) is 0 Å². The molecule has 0 spiro atoms. The van der Waals surface area contributed by atoms with Crippen LogP contribution in [0, 0.1) is 0 Å². The summed E-state index contributed by atoms with van der Waals surface area (Å²) in [6.45, 7) is 29.5. The Morgan fingerprint density at radius 1 is 0.531 bits per heavy atom. The first kappa shape index (κ1) is 142. The zero-order valence-electron chi connectivity index (χ0n) is 29.4. The van der Waals surface area contributed by atoms with Crippen LogP contribution in [-0.2, 0) is 0 Å². The normalized spacial score (nSPS) is 7.90. The maximum absolute atomic E-state index is 3.24. The van der Waals surface area contributed by atoms with Gasteiger partial charge in [0.05, 0.1) is 19.4 Å². The van der Waals surface area contributed by atoms with Crippen molar-refractivity contribution in [3.63, 3.8) is 0 Å². The van der Waals surface area contributed by atoms with Crippen LogP contribution < -0.4 is 14.9 Å². The van der Waals surface area contributed by atoms with Gasteiger partial charge in [0, 0.05) is 0 Å². The second kappa shape index (κ2) is 104. The van der Waals surface area contributed by atoms with Gasteiger partial charge >= 0.3 is 0 Å². The molecule has 13 heteroatoms. The summed E-state index contributed by atoms with van der Waals surface area (Å²) < 4.78 is 6.90. The summed E-state index contributed by atoms with van der Waals surface area (Å²) in [7, 11) is 17.9. The molecular formula is C36H134N6Si7. The van der Waals surface area contributed by atoms with Gasteiger partial charge in [0.15, 0.2) is 0 Å². The minimum absolute atomic E-state index is 0. The van der Waals surface area contributed by atoms with Crippen molar-refractivity contribution in [2.75, 3.05) is 63.4 Å². The average Bonchev–Trinajstić information content (AvgIpc) is 2.75. The van der Waals surface area contributed by atoms with E-state index in [2.05, 4.69) is 156 Å². The van der Waals surface area contributed by atoms with Crippen molar-refractivity contribution in [3.8, 4) is 0 Å². The van der Waals surface area contributed by atoms with Gasteiger partial charge in [0.25, 0.3) is 0 Å². The monoisotopic (exact) mass is 847 g/mol. The highest BCUT2D eigenvalue weighted by Gasteiger charge is 2.14. The second-order valence-electron chi connectivity index (χ2n) is 11.2. The van der Waals surface area contributed by atoms with Crippen LogP contribution in [0.1, 0.15) is 104 Å². The third-order valence-corrected chi connectivity index (χ3v) is 14.1. The van der Waals surface area contributed by atoms with Gasteiger partial charge in [0.1, 0.15) is 34.4 Å². The molecule has 0 fully saturated rings. The molecule has 0 aliphatic carbocycles. The third kappa shape index (κ3) is 296. The Morgan fingerprint density at radius 3 is 0.653 bits per heavy atom. The predicted octanol–water partition coefficient (Wildman–Crippen LogP) is 10.5. The van der Waals surface area contributed by atoms with Crippen LogP contribution in [0.15, 0.2) is 0 Å². The van der Waals surface area contributed by atoms with E-state index >= 15 is 0 Å². The highest BCUT2D eigenvalue weighted by atomic mass is 28.3. The molecule has 0 unspecified atom stereocenters. The van der Waals surface area contributed by atoms with Gasteiger partial charge in [-0.05, 0) is 73.7 Å². The van der Waals surface area contributed by atoms with Crippen LogP contribution in [0.4, 0.5) is 0 Å². The van der Waals surface area contributed by atoms with Crippen LogP contribution in [0.2, 0.25) is 85.1 Å². The molecule has 0 rings (SSSR count). The van der Waals surface area contributed by atoms with Gasteiger partial charge < -0.3 is 28.6 Å². The van der Waals surface area contributed by atoms with Gasteiger partial charge in [-0.3, -0.25) is 0 Å². The number of nitrogens with one attached hydrogen (secondary N) is 3.